The van der Waals surface area contributed by atoms with Crippen LogP contribution in [0.3, 0.4) is 0 Å². The molecule has 4 aromatic rings. The van der Waals surface area contributed by atoms with Gasteiger partial charge in [0.2, 0.25) is 5.91 Å². The van der Waals surface area contributed by atoms with E-state index >= 15 is 0 Å². The zero-order valence-electron chi connectivity index (χ0n) is 16.6. The monoisotopic (exact) mass is 406 g/mol. The average Bonchev–Trinajstić information content (AvgIpc) is 3.35. The number of nitrogens with one attached hydrogen (secondary N) is 3. The van der Waals surface area contributed by atoms with E-state index in [0.29, 0.717) is 6.42 Å². The minimum atomic E-state index is -0.0876. The van der Waals surface area contributed by atoms with Gasteiger partial charge in [0.05, 0.1) is 17.1 Å². The van der Waals surface area contributed by atoms with Crippen LogP contribution in [-0.4, -0.2) is 32.9 Å². The first-order valence-corrected chi connectivity index (χ1v) is 11.4. The summed E-state index contributed by atoms with van der Waals surface area (Å²) in [5.74, 6) is 1.89. The van der Waals surface area contributed by atoms with Crippen molar-refractivity contribution >= 4 is 39.6 Å². The van der Waals surface area contributed by atoms with Gasteiger partial charge in [-0.2, -0.15) is 11.8 Å². The molecule has 0 radical (unpaired) electrons. The minimum Gasteiger partial charge on any atom is -0.361 e. The van der Waals surface area contributed by atoms with Crippen LogP contribution in [0.1, 0.15) is 36.7 Å². The fourth-order valence-corrected chi connectivity index (χ4v) is 4.17. The highest BCUT2D eigenvalue weighted by molar-refractivity contribution is 7.98. The Morgan fingerprint density at radius 3 is 2.76 bits per heavy atom. The molecule has 2 heterocycles. The molecule has 3 N–H and O–H groups in total. The van der Waals surface area contributed by atoms with Gasteiger partial charge in [0.25, 0.3) is 0 Å². The maximum absolute atomic E-state index is 12.6. The van der Waals surface area contributed by atoms with Crippen molar-refractivity contribution in [2.24, 2.45) is 0 Å². The maximum atomic E-state index is 12.6. The van der Waals surface area contributed by atoms with Gasteiger partial charge in [-0.3, -0.25) is 4.79 Å². The van der Waals surface area contributed by atoms with Crippen molar-refractivity contribution in [3.8, 4) is 0 Å². The molecule has 6 heteroatoms. The summed E-state index contributed by atoms with van der Waals surface area (Å²) in [6.45, 7) is 0. The highest BCUT2D eigenvalue weighted by Crippen LogP contribution is 2.21. The molecule has 0 aliphatic carbocycles. The second-order valence-electron chi connectivity index (χ2n) is 7.25. The molecule has 5 nitrogen and oxygen atoms in total. The number of thioether (sulfide) groups is 1. The smallest absolute Gasteiger partial charge is 0.220 e. The Labute approximate surface area is 174 Å². The van der Waals surface area contributed by atoms with Crippen LogP contribution in [0.15, 0.2) is 54.7 Å². The van der Waals surface area contributed by atoms with Crippen LogP contribution in [0.5, 0.6) is 0 Å². The normalized spacial score (nSPS) is 12.4. The van der Waals surface area contributed by atoms with Crippen LogP contribution < -0.4 is 5.32 Å². The summed E-state index contributed by atoms with van der Waals surface area (Å²) in [4.78, 5) is 24.0. The van der Waals surface area contributed by atoms with Gasteiger partial charge in [0, 0.05) is 23.5 Å². The lowest BCUT2D eigenvalue weighted by atomic mass is 10.1. The fourth-order valence-electron chi connectivity index (χ4n) is 3.69. The number of hydrogen-bond acceptors (Lipinski definition) is 3. The lowest BCUT2D eigenvalue weighted by Crippen LogP contribution is -2.29. The van der Waals surface area contributed by atoms with Crippen molar-refractivity contribution < 1.29 is 4.79 Å². The van der Waals surface area contributed by atoms with Gasteiger partial charge in [-0.05, 0) is 55.0 Å². The third-order valence-corrected chi connectivity index (χ3v) is 5.85. The van der Waals surface area contributed by atoms with Gasteiger partial charge in [-0.15, -0.1) is 0 Å². The Morgan fingerprint density at radius 1 is 1.14 bits per heavy atom. The van der Waals surface area contributed by atoms with Gasteiger partial charge in [0.15, 0.2) is 0 Å². The van der Waals surface area contributed by atoms with Gasteiger partial charge < -0.3 is 15.3 Å². The SMILES string of the molecule is CSCC[C@@H](NC(=O)CCCc1c[nH]c2ccccc12)c1nc2ccccc2[nH]1. The van der Waals surface area contributed by atoms with Crippen molar-refractivity contribution in [2.75, 3.05) is 12.0 Å². The first-order valence-electron chi connectivity index (χ1n) is 10.0. The van der Waals surface area contributed by atoms with Crippen LogP contribution in [0.25, 0.3) is 21.9 Å². The van der Waals surface area contributed by atoms with E-state index in [1.54, 1.807) is 11.8 Å². The number of nitrogens with zero attached hydrogens (tertiary/aromatic N) is 1. The van der Waals surface area contributed by atoms with E-state index in [0.717, 1.165) is 47.4 Å². The molecular formula is C23H26N4OS. The molecule has 0 spiro atoms. The van der Waals surface area contributed by atoms with E-state index in [9.17, 15) is 4.79 Å². The molecule has 4 rings (SSSR count). The Balaban J connectivity index is 1.37. The Morgan fingerprint density at radius 2 is 1.93 bits per heavy atom. The lowest BCUT2D eigenvalue weighted by Gasteiger charge is -2.16. The Kier molecular flexibility index (Phi) is 6.20. The number of amides is 1. The zero-order valence-corrected chi connectivity index (χ0v) is 17.4. The molecule has 0 saturated heterocycles. The number of fused-ring (bicyclic) bond motifs is 2. The number of benzene rings is 2. The third-order valence-electron chi connectivity index (χ3n) is 5.21. The molecule has 0 bridgehead atoms. The van der Waals surface area contributed by atoms with Crippen LogP contribution in [0.4, 0.5) is 0 Å². The zero-order chi connectivity index (χ0) is 20.1. The molecular weight excluding hydrogens is 380 g/mol. The molecule has 2 aromatic carbocycles. The number of imidazole rings is 1. The van der Waals surface area contributed by atoms with Crippen molar-refractivity contribution in [2.45, 2.75) is 31.7 Å². The summed E-state index contributed by atoms with van der Waals surface area (Å²) in [7, 11) is 0. The molecule has 1 atom stereocenters. The van der Waals surface area contributed by atoms with E-state index < -0.39 is 0 Å². The highest BCUT2D eigenvalue weighted by atomic mass is 32.2. The quantitative estimate of drug-likeness (QED) is 0.367. The summed E-state index contributed by atoms with van der Waals surface area (Å²) in [5, 5.41) is 4.44. The van der Waals surface area contributed by atoms with Crippen molar-refractivity contribution in [1.29, 1.82) is 0 Å². The van der Waals surface area contributed by atoms with Gasteiger partial charge in [-0.25, -0.2) is 4.98 Å². The fraction of sp³-hybridized carbons (Fsp3) is 0.304. The first kappa shape index (κ1) is 19.6. The van der Waals surface area contributed by atoms with Crippen molar-refractivity contribution in [1.82, 2.24) is 20.3 Å². The number of hydrogen-bond donors (Lipinski definition) is 3. The molecule has 150 valence electrons. The van der Waals surface area contributed by atoms with E-state index in [2.05, 4.69) is 45.9 Å². The number of carbonyl (C=O) groups excluding carboxylic acids is 1. The van der Waals surface area contributed by atoms with Crippen molar-refractivity contribution in [3.63, 3.8) is 0 Å². The lowest BCUT2D eigenvalue weighted by molar-refractivity contribution is -0.122. The van der Waals surface area contributed by atoms with Crippen molar-refractivity contribution in [3.05, 3.63) is 66.1 Å². The summed E-state index contributed by atoms with van der Waals surface area (Å²) in [5.41, 5.74) is 4.36. The second kappa shape index (κ2) is 9.18. The van der Waals surface area contributed by atoms with Gasteiger partial charge in [0.1, 0.15) is 5.82 Å². The summed E-state index contributed by atoms with van der Waals surface area (Å²) >= 11 is 1.78. The molecule has 2 aromatic heterocycles. The molecule has 0 aliphatic heterocycles. The first-order chi connectivity index (χ1) is 14.2. The predicted octanol–water partition coefficient (Wildman–Crippen LogP) is 4.98. The van der Waals surface area contributed by atoms with Crippen LogP contribution in [0.2, 0.25) is 0 Å². The predicted molar refractivity (Wildman–Crippen MR) is 121 cm³/mol. The van der Waals surface area contributed by atoms with E-state index in [1.165, 1.54) is 10.9 Å². The number of aromatic nitrogens is 3. The van der Waals surface area contributed by atoms with Crippen LogP contribution in [-0.2, 0) is 11.2 Å². The second-order valence-corrected chi connectivity index (χ2v) is 8.24. The van der Waals surface area contributed by atoms with E-state index in [4.69, 9.17) is 4.98 Å². The largest absolute Gasteiger partial charge is 0.361 e. The number of carbonyl (C=O) groups is 1. The molecule has 0 aliphatic rings. The topological polar surface area (TPSA) is 73.6 Å². The molecule has 0 saturated carbocycles. The number of aromatic amines is 2. The average molecular weight is 407 g/mol. The molecule has 1 amide bonds. The summed E-state index contributed by atoms with van der Waals surface area (Å²) in [6.07, 6.45) is 7.21. The molecule has 29 heavy (non-hydrogen) atoms. The Hall–Kier alpha value is -2.73. The molecule has 0 unspecified atom stereocenters. The van der Waals surface area contributed by atoms with Crippen LogP contribution >= 0.6 is 11.8 Å². The summed E-state index contributed by atoms with van der Waals surface area (Å²) < 4.78 is 0. The summed E-state index contributed by atoms with van der Waals surface area (Å²) in [6, 6.07) is 16.2. The number of aryl methyl sites for hydroxylation is 1. The number of H-pyrrole nitrogens is 2. The number of rotatable bonds is 9. The van der Waals surface area contributed by atoms with Gasteiger partial charge in [-0.1, -0.05) is 30.3 Å². The highest BCUT2D eigenvalue weighted by Gasteiger charge is 2.18. The maximum Gasteiger partial charge on any atom is 0.220 e. The van der Waals surface area contributed by atoms with E-state index in [1.807, 2.05) is 30.3 Å². The Bertz CT molecular complexity index is 1070. The standard InChI is InChI=1S/C23H26N4OS/c1-29-14-13-21(23-26-19-10-4-5-11-20(19)27-23)25-22(28)12-6-7-16-15-24-18-9-3-2-8-17(16)18/h2-5,8-11,15,21,24H,6-7,12-14H2,1H3,(H,25,28)(H,26,27)/t21-/m1/s1. The minimum absolute atomic E-state index is 0.0800. The van der Waals surface area contributed by atoms with E-state index in [-0.39, 0.29) is 11.9 Å². The van der Waals surface area contributed by atoms with Crippen LogP contribution in [0, 0.1) is 0 Å². The number of para-hydroxylation sites is 3. The molecule has 0 fully saturated rings. The van der Waals surface area contributed by atoms with Gasteiger partial charge >= 0.3 is 0 Å². The third kappa shape index (κ3) is 4.65.